The molecule has 0 unspecified atom stereocenters. The Morgan fingerprint density at radius 3 is 2.33 bits per heavy atom. The highest BCUT2D eigenvalue weighted by molar-refractivity contribution is 5.93. The summed E-state index contributed by atoms with van der Waals surface area (Å²) in [5.41, 5.74) is 0.113. The van der Waals surface area contributed by atoms with Gasteiger partial charge in [-0.3, -0.25) is 4.79 Å². The van der Waals surface area contributed by atoms with Gasteiger partial charge in [0.1, 0.15) is 17.2 Å². The Morgan fingerprint density at radius 2 is 1.77 bits per heavy atom. The second-order valence-electron chi connectivity index (χ2n) is 8.60. The number of pyridine rings is 1. The molecule has 0 aliphatic rings. The van der Waals surface area contributed by atoms with Gasteiger partial charge in [-0.25, -0.2) is 9.37 Å². The number of aryl methyl sites for hydroxylation is 1. The minimum absolute atomic E-state index is 0.113. The van der Waals surface area contributed by atoms with Crippen LogP contribution in [0.4, 0.5) is 23.4 Å². The van der Waals surface area contributed by atoms with Crippen LogP contribution in [0.15, 0.2) is 36.5 Å². The first-order valence-electron chi connectivity index (χ1n) is 9.45. The van der Waals surface area contributed by atoms with Crippen molar-refractivity contribution in [3.63, 3.8) is 0 Å². The van der Waals surface area contributed by atoms with Crippen LogP contribution in [0, 0.1) is 18.2 Å². The molecule has 30 heavy (non-hydrogen) atoms. The lowest BCUT2D eigenvalue weighted by molar-refractivity contribution is -0.136. The molecule has 1 N–H and O–H groups in total. The number of anilines is 1. The quantitative estimate of drug-likeness (QED) is 0.531. The fourth-order valence-corrected chi connectivity index (χ4v) is 3.21. The Hall–Kier alpha value is -2.90. The summed E-state index contributed by atoms with van der Waals surface area (Å²) < 4.78 is 55.5. The molecule has 1 aromatic carbocycles. The van der Waals surface area contributed by atoms with Crippen molar-refractivity contribution in [2.24, 2.45) is 5.41 Å². The van der Waals surface area contributed by atoms with E-state index >= 15 is 0 Å². The zero-order valence-electron chi connectivity index (χ0n) is 17.2. The number of carbonyl (C=O) groups is 1. The molecule has 0 fully saturated rings. The minimum atomic E-state index is -4.61. The lowest BCUT2D eigenvalue weighted by Crippen LogP contribution is -2.20. The van der Waals surface area contributed by atoms with Crippen LogP contribution < -0.4 is 5.32 Å². The predicted molar refractivity (Wildman–Crippen MR) is 108 cm³/mol. The number of benzene rings is 1. The van der Waals surface area contributed by atoms with Gasteiger partial charge in [0, 0.05) is 19.2 Å². The van der Waals surface area contributed by atoms with E-state index in [1.807, 2.05) is 20.8 Å². The SMILES string of the molecule is Cc1cc2c(nc1NC(=O)CC(C)(C)C)c(C(F)(F)F)cn2Cc1ccc(F)cc1. The van der Waals surface area contributed by atoms with Crippen LogP contribution in [-0.4, -0.2) is 15.5 Å². The molecule has 2 aromatic heterocycles. The number of fused-ring (bicyclic) bond motifs is 1. The normalized spacial score (nSPS) is 12.4. The van der Waals surface area contributed by atoms with E-state index in [1.165, 1.54) is 28.8 Å². The van der Waals surface area contributed by atoms with E-state index < -0.39 is 17.6 Å². The van der Waals surface area contributed by atoms with E-state index in [0.29, 0.717) is 11.1 Å². The molecule has 0 atom stereocenters. The van der Waals surface area contributed by atoms with Gasteiger partial charge in [0.15, 0.2) is 0 Å². The van der Waals surface area contributed by atoms with Crippen molar-refractivity contribution in [3.8, 4) is 0 Å². The Labute approximate surface area is 171 Å². The number of alkyl halides is 3. The van der Waals surface area contributed by atoms with Gasteiger partial charge in [-0.05, 0) is 41.7 Å². The lowest BCUT2D eigenvalue weighted by Gasteiger charge is -2.17. The highest BCUT2D eigenvalue weighted by atomic mass is 19.4. The Balaban J connectivity index is 2.04. The zero-order chi connectivity index (χ0) is 22.3. The molecular weight excluding hydrogens is 398 g/mol. The first-order chi connectivity index (χ1) is 13.8. The summed E-state index contributed by atoms with van der Waals surface area (Å²) in [5.74, 6) is -0.612. The molecule has 0 spiro atoms. The molecule has 2 heterocycles. The number of amides is 1. The van der Waals surface area contributed by atoms with Gasteiger partial charge in [0.25, 0.3) is 0 Å². The van der Waals surface area contributed by atoms with Gasteiger partial charge < -0.3 is 9.88 Å². The van der Waals surface area contributed by atoms with Gasteiger partial charge >= 0.3 is 6.18 Å². The first kappa shape index (κ1) is 21.8. The van der Waals surface area contributed by atoms with Gasteiger partial charge in [-0.1, -0.05) is 32.9 Å². The Morgan fingerprint density at radius 1 is 1.13 bits per heavy atom. The summed E-state index contributed by atoms with van der Waals surface area (Å²) in [6, 6.07) is 7.15. The van der Waals surface area contributed by atoms with E-state index in [9.17, 15) is 22.4 Å². The maximum absolute atomic E-state index is 13.6. The van der Waals surface area contributed by atoms with Crippen molar-refractivity contribution < 1.29 is 22.4 Å². The average molecular weight is 421 g/mol. The van der Waals surface area contributed by atoms with Gasteiger partial charge in [0.05, 0.1) is 11.1 Å². The summed E-state index contributed by atoms with van der Waals surface area (Å²) in [6.07, 6.45) is -3.40. The third-order valence-electron chi connectivity index (χ3n) is 4.56. The van der Waals surface area contributed by atoms with Gasteiger partial charge in [-0.15, -0.1) is 0 Å². The summed E-state index contributed by atoms with van der Waals surface area (Å²) in [6.45, 7) is 7.50. The van der Waals surface area contributed by atoms with E-state index in [1.54, 1.807) is 13.0 Å². The fraction of sp³-hybridized carbons (Fsp3) is 0.364. The molecule has 160 valence electrons. The standard InChI is InChI=1S/C22H23F4N3O/c1-13-9-17-19(28-20(13)27-18(30)10-21(2,3)4)16(22(24,25)26)12-29(17)11-14-5-7-15(23)8-6-14/h5-9,12H,10-11H2,1-4H3,(H,27,28,30). The largest absolute Gasteiger partial charge is 0.419 e. The number of halogens is 4. The number of aromatic nitrogens is 2. The van der Waals surface area contributed by atoms with Crippen LogP contribution in [0.2, 0.25) is 0 Å². The van der Waals surface area contributed by atoms with Crippen LogP contribution in [0.3, 0.4) is 0 Å². The van der Waals surface area contributed by atoms with Crippen molar-refractivity contribution in [1.82, 2.24) is 9.55 Å². The number of rotatable bonds is 4. The van der Waals surface area contributed by atoms with E-state index in [4.69, 9.17) is 0 Å². The molecule has 0 radical (unpaired) electrons. The molecule has 0 aliphatic carbocycles. The van der Waals surface area contributed by atoms with Crippen molar-refractivity contribution in [3.05, 3.63) is 59.0 Å². The number of nitrogens with zero attached hydrogens (tertiary/aromatic N) is 2. The molecule has 3 aromatic rings. The second-order valence-corrected chi connectivity index (χ2v) is 8.60. The van der Waals surface area contributed by atoms with Crippen molar-refractivity contribution in [2.45, 2.75) is 46.8 Å². The van der Waals surface area contributed by atoms with Crippen LogP contribution >= 0.6 is 0 Å². The molecule has 8 heteroatoms. The van der Waals surface area contributed by atoms with Gasteiger partial charge in [0.2, 0.25) is 5.91 Å². The highest BCUT2D eigenvalue weighted by Gasteiger charge is 2.36. The number of nitrogens with one attached hydrogen (secondary N) is 1. The molecule has 0 saturated heterocycles. The Kier molecular flexibility index (Phi) is 5.62. The molecule has 3 rings (SSSR count). The third kappa shape index (κ3) is 4.98. The number of hydrogen-bond donors (Lipinski definition) is 1. The number of hydrogen-bond acceptors (Lipinski definition) is 2. The summed E-state index contributed by atoms with van der Waals surface area (Å²) in [5, 5.41) is 2.63. The average Bonchev–Trinajstić information content (AvgIpc) is 2.93. The third-order valence-corrected chi connectivity index (χ3v) is 4.56. The summed E-state index contributed by atoms with van der Waals surface area (Å²) in [7, 11) is 0. The predicted octanol–water partition coefficient (Wildman–Crippen LogP) is 5.93. The topological polar surface area (TPSA) is 46.9 Å². The first-order valence-corrected chi connectivity index (χ1v) is 9.45. The Bertz CT molecular complexity index is 1080. The van der Waals surface area contributed by atoms with Crippen LogP contribution in [-0.2, 0) is 17.5 Å². The number of carbonyl (C=O) groups excluding carboxylic acids is 1. The van der Waals surface area contributed by atoms with Crippen LogP contribution in [0.25, 0.3) is 11.0 Å². The summed E-state index contributed by atoms with van der Waals surface area (Å²) in [4.78, 5) is 16.4. The molecule has 0 saturated carbocycles. The highest BCUT2D eigenvalue weighted by Crippen LogP contribution is 2.37. The van der Waals surface area contributed by atoms with E-state index in [0.717, 1.165) is 6.20 Å². The second kappa shape index (κ2) is 7.74. The molecule has 1 amide bonds. The fourth-order valence-electron chi connectivity index (χ4n) is 3.21. The van der Waals surface area contributed by atoms with Crippen LogP contribution in [0.1, 0.15) is 43.9 Å². The zero-order valence-corrected chi connectivity index (χ0v) is 17.2. The maximum Gasteiger partial charge on any atom is 0.419 e. The maximum atomic E-state index is 13.6. The van der Waals surface area contributed by atoms with E-state index in [2.05, 4.69) is 10.3 Å². The minimum Gasteiger partial charge on any atom is -0.341 e. The van der Waals surface area contributed by atoms with Gasteiger partial charge in [-0.2, -0.15) is 13.2 Å². The van der Waals surface area contributed by atoms with Crippen LogP contribution in [0.5, 0.6) is 0 Å². The molecular formula is C22H23F4N3O. The lowest BCUT2D eigenvalue weighted by atomic mass is 9.92. The van der Waals surface area contributed by atoms with Crippen molar-refractivity contribution >= 4 is 22.8 Å². The van der Waals surface area contributed by atoms with Crippen molar-refractivity contribution in [2.75, 3.05) is 5.32 Å². The molecule has 4 nitrogen and oxygen atoms in total. The molecule has 0 bridgehead atoms. The van der Waals surface area contributed by atoms with Crippen molar-refractivity contribution in [1.29, 1.82) is 0 Å². The smallest absolute Gasteiger partial charge is 0.341 e. The monoisotopic (exact) mass is 421 g/mol. The summed E-state index contributed by atoms with van der Waals surface area (Å²) >= 11 is 0. The van der Waals surface area contributed by atoms with E-state index in [-0.39, 0.29) is 41.1 Å². The molecule has 0 aliphatic heterocycles.